The number of benzene rings is 2. The molecule has 0 aromatic heterocycles. The van der Waals surface area contributed by atoms with Gasteiger partial charge in [0.1, 0.15) is 10.8 Å². The standard InChI is InChI=1S/C22H27ClN2O4/c1-14(2)29-19-8-7-17(21(28-3)20(19)23)22(27)24-18-6-4-5-15-13-25(11-12-26)10-9-16(15)18/h4-8,14,26H,9-13H2,1-3H3,(H,24,27). The van der Waals surface area contributed by atoms with Gasteiger partial charge >= 0.3 is 0 Å². The Bertz CT molecular complexity index is 885. The van der Waals surface area contributed by atoms with Gasteiger partial charge in [0.05, 0.1) is 25.4 Å². The molecule has 1 heterocycles. The third-order valence-electron chi connectivity index (χ3n) is 4.88. The number of carbonyl (C=O) groups is 1. The van der Waals surface area contributed by atoms with Crippen molar-refractivity contribution in [1.82, 2.24) is 4.90 Å². The van der Waals surface area contributed by atoms with E-state index in [0.717, 1.165) is 36.3 Å². The summed E-state index contributed by atoms with van der Waals surface area (Å²) in [7, 11) is 1.48. The molecular formula is C22H27ClN2O4. The van der Waals surface area contributed by atoms with Crippen LogP contribution in [-0.4, -0.2) is 48.8 Å². The van der Waals surface area contributed by atoms with Crippen molar-refractivity contribution in [2.75, 3.05) is 32.1 Å². The average molecular weight is 419 g/mol. The van der Waals surface area contributed by atoms with Crippen LogP contribution in [0.1, 0.15) is 35.3 Å². The number of hydrogen-bond donors (Lipinski definition) is 2. The number of aliphatic hydroxyl groups is 1. The first-order valence-corrected chi connectivity index (χ1v) is 10.1. The minimum atomic E-state index is -0.286. The van der Waals surface area contributed by atoms with E-state index in [1.165, 1.54) is 7.11 Å². The molecule has 29 heavy (non-hydrogen) atoms. The highest BCUT2D eigenvalue weighted by atomic mass is 35.5. The number of β-amino-alcohol motifs (C(OH)–C–C–N with tert-alkyl or cyclic N) is 1. The molecule has 1 amide bonds. The van der Waals surface area contributed by atoms with Crippen LogP contribution >= 0.6 is 11.6 Å². The Morgan fingerprint density at radius 2 is 2.10 bits per heavy atom. The Hall–Kier alpha value is -2.28. The Kier molecular flexibility index (Phi) is 7.00. The second-order valence-corrected chi connectivity index (χ2v) is 7.65. The summed E-state index contributed by atoms with van der Waals surface area (Å²) in [6.45, 7) is 6.21. The van der Waals surface area contributed by atoms with E-state index in [1.807, 2.05) is 26.0 Å². The van der Waals surface area contributed by atoms with Gasteiger partial charge in [-0.05, 0) is 49.6 Å². The number of ether oxygens (including phenoxy) is 2. The Morgan fingerprint density at radius 3 is 2.79 bits per heavy atom. The molecule has 1 aliphatic heterocycles. The first kappa shape index (κ1) is 21.4. The lowest BCUT2D eigenvalue weighted by Crippen LogP contribution is -2.33. The van der Waals surface area contributed by atoms with Crippen molar-refractivity contribution in [2.24, 2.45) is 0 Å². The zero-order valence-corrected chi connectivity index (χ0v) is 17.8. The molecular weight excluding hydrogens is 392 g/mol. The van der Waals surface area contributed by atoms with Crippen LogP contribution in [0.2, 0.25) is 5.02 Å². The molecule has 0 bridgehead atoms. The van der Waals surface area contributed by atoms with E-state index in [9.17, 15) is 9.90 Å². The smallest absolute Gasteiger partial charge is 0.259 e. The fourth-order valence-electron chi connectivity index (χ4n) is 3.57. The number of methoxy groups -OCH3 is 1. The fourth-order valence-corrected chi connectivity index (χ4v) is 3.85. The van der Waals surface area contributed by atoms with Crippen LogP contribution in [0.25, 0.3) is 0 Å². The highest BCUT2D eigenvalue weighted by molar-refractivity contribution is 6.34. The third-order valence-corrected chi connectivity index (χ3v) is 5.24. The molecule has 0 radical (unpaired) electrons. The van der Waals surface area contributed by atoms with Gasteiger partial charge in [0.2, 0.25) is 0 Å². The van der Waals surface area contributed by atoms with Crippen molar-refractivity contribution in [1.29, 1.82) is 0 Å². The number of carbonyl (C=O) groups excluding carboxylic acids is 1. The van der Waals surface area contributed by atoms with Crippen molar-refractivity contribution in [3.05, 3.63) is 52.0 Å². The number of nitrogens with zero attached hydrogens (tertiary/aromatic N) is 1. The molecule has 2 N–H and O–H groups in total. The molecule has 6 nitrogen and oxygen atoms in total. The van der Waals surface area contributed by atoms with Gasteiger partial charge in [-0.3, -0.25) is 9.69 Å². The first-order valence-electron chi connectivity index (χ1n) is 9.73. The quantitative estimate of drug-likeness (QED) is 0.716. The fraction of sp³-hybridized carbons (Fsp3) is 0.409. The van der Waals surface area contributed by atoms with E-state index in [1.54, 1.807) is 12.1 Å². The summed E-state index contributed by atoms with van der Waals surface area (Å²) in [6, 6.07) is 9.25. The minimum absolute atomic E-state index is 0.0434. The molecule has 1 aliphatic rings. The highest BCUT2D eigenvalue weighted by Crippen LogP contribution is 2.38. The van der Waals surface area contributed by atoms with Crippen molar-refractivity contribution >= 4 is 23.2 Å². The predicted octanol–water partition coefficient (Wildman–Crippen LogP) is 3.74. The lowest BCUT2D eigenvalue weighted by Gasteiger charge is -2.29. The van der Waals surface area contributed by atoms with Crippen LogP contribution in [0.5, 0.6) is 11.5 Å². The van der Waals surface area contributed by atoms with Crippen LogP contribution in [-0.2, 0) is 13.0 Å². The van der Waals surface area contributed by atoms with Gasteiger partial charge in [0.15, 0.2) is 5.75 Å². The van der Waals surface area contributed by atoms with E-state index in [0.29, 0.717) is 23.6 Å². The van der Waals surface area contributed by atoms with Crippen LogP contribution in [0.15, 0.2) is 30.3 Å². The molecule has 156 valence electrons. The van der Waals surface area contributed by atoms with Crippen LogP contribution in [0, 0.1) is 0 Å². The van der Waals surface area contributed by atoms with E-state index in [2.05, 4.69) is 16.3 Å². The number of nitrogens with one attached hydrogen (secondary N) is 1. The summed E-state index contributed by atoms with van der Waals surface area (Å²) in [4.78, 5) is 15.2. The first-order chi connectivity index (χ1) is 13.9. The van der Waals surface area contributed by atoms with Crippen molar-refractivity contribution in [3.63, 3.8) is 0 Å². The molecule has 3 rings (SSSR count). The van der Waals surface area contributed by atoms with Gasteiger partial charge in [-0.25, -0.2) is 0 Å². The molecule has 0 aliphatic carbocycles. The molecule has 0 atom stereocenters. The number of rotatable bonds is 7. The summed E-state index contributed by atoms with van der Waals surface area (Å²) in [6.07, 6.45) is 0.767. The zero-order valence-electron chi connectivity index (χ0n) is 17.0. The zero-order chi connectivity index (χ0) is 21.0. The Morgan fingerprint density at radius 1 is 1.31 bits per heavy atom. The van der Waals surface area contributed by atoms with Crippen LogP contribution < -0.4 is 14.8 Å². The Balaban J connectivity index is 1.85. The van der Waals surface area contributed by atoms with Gasteiger partial charge in [-0.1, -0.05) is 23.7 Å². The summed E-state index contributed by atoms with van der Waals surface area (Å²) < 4.78 is 11.1. The lowest BCUT2D eigenvalue weighted by molar-refractivity contribution is 0.102. The van der Waals surface area contributed by atoms with E-state index in [-0.39, 0.29) is 23.6 Å². The van der Waals surface area contributed by atoms with E-state index >= 15 is 0 Å². The monoisotopic (exact) mass is 418 g/mol. The van der Waals surface area contributed by atoms with Crippen LogP contribution in [0.3, 0.4) is 0 Å². The third kappa shape index (κ3) is 4.83. The number of hydrogen-bond acceptors (Lipinski definition) is 5. The van der Waals surface area contributed by atoms with Crippen molar-refractivity contribution < 1.29 is 19.4 Å². The van der Waals surface area contributed by atoms with Crippen LogP contribution in [0.4, 0.5) is 5.69 Å². The molecule has 0 spiro atoms. The van der Waals surface area contributed by atoms with E-state index < -0.39 is 0 Å². The largest absolute Gasteiger partial charge is 0.494 e. The Labute approximate surface area is 176 Å². The molecule has 0 saturated carbocycles. The number of amides is 1. The maximum Gasteiger partial charge on any atom is 0.259 e. The van der Waals surface area contributed by atoms with E-state index in [4.69, 9.17) is 21.1 Å². The predicted molar refractivity (Wildman–Crippen MR) is 114 cm³/mol. The lowest BCUT2D eigenvalue weighted by atomic mass is 9.97. The molecule has 0 saturated heterocycles. The second kappa shape index (κ2) is 9.48. The molecule has 2 aromatic rings. The maximum atomic E-state index is 13.0. The molecule has 2 aromatic carbocycles. The van der Waals surface area contributed by atoms with Gasteiger partial charge in [0, 0.05) is 25.3 Å². The van der Waals surface area contributed by atoms with Crippen molar-refractivity contribution in [3.8, 4) is 11.5 Å². The summed E-state index contributed by atoms with van der Waals surface area (Å²) in [5.41, 5.74) is 3.42. The van der Waals surface area contributed by atoms with Gasteiger partial charge < -0.3 is 19.9 Å². The summed E-state index contributed by atoms with van der Waals surface area (Å²) in [5.74, 6) is 0.489. The number of aliphatic hydroxyl groups excluding tert-OH is 1. The highest BCUT2D eigenvalue weighted by Gasteiger charge is 2.22. The molecule has 0 unspecified atom stereocenters. The SMILES string of the molecule is COc1c(C(=O)Nc2cccc3c2CCN(CCO)C3)ccc(OC(C)C)c1Cl. The molecule has 7 heteroatoms. The average Bonchev–Trinajstić information content (AvgIpc) is 2.69. The van der Waals surface area contributed by atoms with Gasteiger partial charge in [-0.15, -0.1) is 0 Å². The number of halogens is 1. The van der Waals surface area contributed by atoms with Gasteiger partial charge in [-0.2, -0.15) is 0 Å². The summed E-state index contributed by atoms with van der Waals surface area (Å²) >= 11 is 6.41. The maximum absolute atomic E-state index is 13.0. The topological polar surface area (TPSA) is 71.0 Å². The summed E-state index contributed by atoms with van der Waals surface area (Å²) in [5, 5.41) is 12.5. The van der Waals surface area contributed by atoms with Crippen molar-refractivity contribution in [2.45, 2.75) is 32.9 Å². The molecule has 0 fully saturated rings. The number of fused-ring (bicyclic) bond motifs is 1. The van der Waals surface area contributed by atoms with Gasteiger partial charge in [0.25, 0.3) is 5.91 Å². The second-order valence-electron chi connectivity index (χ2n) is 7.27. The normalized spacial score (nSPS) is 13.9. The number of anilines is 1. The minimum Gasteiger partial charge on any atom is -0.494 e.